The fraction of sp³-hybridized carbons (Fsp3) is 0.500. The summed E-state index contributed by atoms with van der Waals surface area (Å²) >= 11 is 0. The van der Waals surface area contributed by atoms with Crippen LogP contribution in [0, 0.1) is 0 Å². The third kappa shape index (κ3) is 2.81. The van der Waals surface area contributed by atoms with E-state index in [2.05, 4.69) is 16.8 Å². The van der Waals surface area contributed by atoms with Gasteiger partial charge in [0.15, 0.2) is 0 Å². The van der Waals surface area contributed by atoms with E-state index in [0.717, 1.165) is 12.1 Å². The lowest BCUT2D eigenvalue weighted by Crippen LogP contribution is -2.27. The second kappa shape index (κ2) is 4.81. The second-order valence-electron chi connectivity index (χ2n) is 4.51. The van der Waals surface area contributed by atoms with Crippen LogP contribution in [0.25, 0.3) is 0 Å². The zero-order chi connectivity index (χ0) is 12.4. The van der Waals surface area contributed by atoms with Crippen LogP contribution in [-0.2, 0) is 6.54 Å². The van der Waals surface area contributed by atoms with Gasteiger partial charge in [0.2, 0.25) is 0 Å². The largest absolute Gasteiger partial charge is 0.478 e. The Morgan fingerprint density at radius 3 is 3.00 bits per heavy atom. The first-order chi connectivity index (χ1) is 8.06. The van der Waals surface area contributed by atoms with E-state index in [-0.39, 0.29) is 11.7 Å². The number of rotatable bonds is 3. The Hall–Kier alpha value is -1.46. The van der Waals surface area contributed by atoms with Gasteiger partial charge < -0.3 is 10.2 Å². The van der Waals surface area contributed by atoms with E-state index < -0.39 is 5.97 Å². The van der Waals surface area contributed by atoms with Gasteiger partial charge in [-0.3, -0.25) is 9.88 Å². The monoisotopic (exact) mass is 236 g/mol. The molecule has 17 heavy (non-hydrogen) atoms. The summed E-state index contributed by atoms with van der Waals surface area (Å²) in [7, 11) is 0. The molecular formula is C12H16N2O3. The molecule has 5 nitrogen and oxygen atoms in total. The molecule has 1 fully saturated rings. The average molecular weight is 236 g/mol. The lowest BCUT2D eigenvalue weighted by Gasteiger charge is -2.19. The van der Waals surface area contributed by atoms with Crippen LogP contribution in [0.3, 0.4) is 0 Å². The molecule has 0 amide bonds. The predicted molar refractivity (Wildman–Crippen MR) is 61.7 cm³/mol. The molecule has 0 aromatic carbocycles. The molecule has 5 heteroatoms. The first-order valence-corrected chi connectivity index (χ1v) is 5.66. The normalized spacial score (nSPS) is 25.1. The molecule has 0 saturated carbocycles. The van der Waals surface area contributed by atoms with Gasteiger partial charge in [-0.05, 0) is 25.5 Å². The van der Waals surface area contributed by atoms with Gasteiger partial charge in [0.25, 0.3) is 0 Å². The number of likely N-dealkylation sites (tertiary alicyclic amines) is 1. The number of aromatic nitrogens is 1. The Kier molecular flexibility index (Phi) is 3.40. The third-order valence-corrected chi connectivity index (χ3v) is 3.11. The summed E-state index contributed by atoms with van der Waals surface area (Å²) in [4.78, 5) is 17.1. The van der Waals surface area contributed by atoms with Crippen LogP contribution in [0.15, 0.2) is 18.3 Å². The minimum atomic E-state index is -0.942. The van der Waals surface area contributed by atoms with Gasteiger partial charge in [0.1, 0.15) is 0 Å². The van der Waals surface area contributed by atoms with Crippen molar-refractivity contribution in [1.82, 2.24) is 9.88 Å². The molecule has 0 radical (unpaired) electrons. The molecule has 2 N–H and O–H groups in total. The molecule has 1 aliphatic rings. The van der Waals surface area contributed by atoms with E-state index in [9.17, 15) is 9.90 Å². The molecule has 92 valence electrons. The number of aliphatic hydroxyl groups is 1. The highest BCUT2D eigenvalue weighted by Crippen LogP contribution is 2.19. The molecule has 0 spiro atoms. The number of carboxylic acids is 1. The van der Waals surface area contributed by atoms with Crippen LogP contribution in [0.1, 0.15) is 29.4 Å². The highest BCUT2D eigenvalue weighted by atomic mass is 16.4. The van der Waals surface area contributed by atoms with Gasteiger partial charge in [0.05, 0.1) is 17.4 Å². The Bertz CT molecular complexity index is 422. The van der Waals surface area contributed by atoms with Gasteiger partial charge in [-0.1, -0.05) is 0 Å². The van der Waals surface area contributed by atoms with E-state index >= 15 is 0 Å². The predicted octanol–water partition coefficient (Wildman–Crippen LogP) is 0.735. The number of carboxylic acid groups (broad SMARTS) is 1. The second-order valence-corrected chi connectivity index (χ2v) is 4.51. The number of nitrogens with zero attached hydrogens (tertiary/aromatic N) is 2. The fourth-order valence-electron chi connectivity index (χ4n) is 2.19. The smallest absolute Gasteiger partial charge is 0.335 e. The molecular weight excluding hydrogens is 220 g/mol. The number of aliphatic hydroxyl groups excluding tert-OH is 1. The van der Waals surface area contributed by atoms with Gasteiger partial charge >= 0.3 is 5.97 Å². The molecule has 1 aromatic rings. The summed E-state index contributed by atoms with van der Waals surface area (Å²) in [6.45, 7) is 3.26. The first kappa shape index (κ1) is 12.0. The summed E-state index contributed by atoms with van der Waals surface area (Å²) < 4.78 is 0. The quantitative estimate of drug-likeness (QED) is 0.809. The Labute approximate surface area is 99.7 Å². The number of aromatic carboxylic acids is 1. The Morgan fingerprint density at radius 2 is 2.41 bits per heavy atom. The number of β-amino-alcohol motifs (C(OH)–C–C–N with tert-alkyl or cyclic N) is 1. The zero-order valence-corrected chi connectivity index (χ0v) is 9.71. The van der Waals surface area contributed by atoms with Crippen LogP contribution in [0.5, 0.6) is 0 Å². The summed E-state index contributed by atoms with van der Waals surface area (Å²) in [6.07, 6.45) is 1.99. The van der Waals surface area contributed by atoms with Gasteiger partial charge in [0, 0.05) is 25.3 Å². The lowest BCUT2D eigenvalue weighted by atomic mass is 10.2. The molecule has 2 heterocycles. The summed E-state index contributed by atoms with van der Waals surface area (Å²) in [5.41, 5.74) is 0.980. The molecule has 2 atom stereocenters. The van der Waals surface area contributed by atoms with Crippen LogP contribution in [0.2, 0.25) is 0 Å². The molecule has 0 aliphatic carbocycles. The Balaban J connectivity index is 2.08. The maximum Gasteiger partial charge on any atom is 0.335 e. The molecule has 1 saturated heterocycles. The van der Waals surface area contributed by atoms with Crippen molar-refractivity contribution < 1.29 is 15.0 Å². The van der Waals surface area contributed by atoms with Crippen molar-refractivity contribution in [2.75, 3.05) is 6.54 Å². The first-order valence-electron chi connectivity index (χ1n) is 5.66. The standard InChI is InChI=1S/C12H16N2O3/c1-8-4-11(15)7-14(8)6-10-5-9(12(16)17)2-3-13-10/h2-3,5,8,11,15H,4,6-7H2,1H3,(H,16,17). The van der Waals surface area contributed by atoms with Crippen molar-refractivity contribution in [2.45, 2.75) is 32.0 Å². The van der Waals surface area contributed by atoms with Crippen molar-refractivity contribution in [2.24, 2.45) is 0 Å². The van der Waals surface area contributed by atoms with E-state index in [0.29, 0.717) is 19.1 Å². The highest BCUT2D eigenvalue weighted by molar-refractivity contribution is 5.87. The average Bonchev–Trinajstić information content (AvgIpc) is 2.58. The van der Waals surface area contributed by atoms with E-state index in [1.165, 1.54) is 12.3 Å². The fourth-order valence-corrected chi connectivity index (χ4v) is 2.19. The Morgan fingerprint density at radius 1 is 1.65 bits per heavy atom. The van der Waals surface area contributed by atoms with Crippen molar-refractivity contribution >= 4 is 5.97 Å². The number of carbonyl (C=O) groups is 1. The molecule has 0 bridgehead atoms. The van der Waals surface area contributed by atoms with E-state index in [1.807, 2.05) is 0 Å². The SMILES string of the molecule is CC1CC(O)CN1Cc1cc(C(=O)O)ccn1. The van der Waals surface area contributed by atoms with Gasteiger partial charge in [-0.25, -0.2) is 4.79 Å². The topological polar surface area (TPSA) is 73.7 Å². The van der Waals surface area contributed by atoms with Crippen molar-refractivity contribution in [3.05, 3.63) is 29.6 Å². The van der Waals surface area contributed by atoms with Gasteiger partial charge in [-0.15, -0.1) is 0 Å². The zero-order valence-electron chi connectivity index (χ0n) is 9.71. The number of hydrogen-bond acceptors (Lipinski definition) is 4. The summed E-state index contributed by atoms with van der Waals surface area (Å²) in [6, 6.07) is 3.37. The summed E-state index contributed by atoms with van der Waals surface area (Å²) in [5.74, 6) is -0.942. The van der Waals surface area contributed by atoms with E-state index in [4.69, 9.17) is 5.11 Å². The van der Waals surface area contributed by atoms with Gasteiger partial charge in [-0.2, -0.15) is 0 Å². The van der Waals surface area contributed by atoms with Crippen LogP contribution in [-0.4, -0.2) is 44.8 Å². The third-order valence-electron chi connectivity index (χ3n) is 3.11. The van der Waals surface area contributed by atoms with Crippen LogP contribution < -0.4 is 0 Å². The maximum absolute atomic E-state index is 10.8. The van der Waals surface area contributed by atoms with Crippen LogP contribution >= 0.6 is 0 Å². The van der Waals surface area contributed by atoms with E-state index in [1.54, 1.807) is 6.07 Å². The minimum Gasteiger partial charge on any atom is -0.478 e. The minimum absolute atomic E-state index is 0.252. The molecule has 2 unspecified atom stereocenters. The number of pyridine rings is 1. The van der Waals surface area contributed by atoms with Crippen molar-refractivity contribution in [3.63, 3.8) is 0 Å². The summed E-state index contributed by atoms with van der Waals surface area (Å²) in [5, 5.41) is 18.4. The van der Waals surface area contributed by atoms with Crippen molar-refractivity contribution in [1.29, 1.82) is 0 Å². The van der Waals surface area contributed by atoms with Crippen LogP contribution in [0.4, 0.5) is 0 Å². The number of hydrogen-bond donors (Lipinski definition) is 2. The molecule has 2 rings (SSSR count). The van der Waals surface area contributed by atoms with Crippen molar-refractivity contribution in [3.8, 4) is 0 Å². The molecule has 1 aliphatic heterocycles. The maximum atomic E-state index is 10.8. The molecule has 1 aromatic heterocycles. The lowest BCUT2D eigenvalue weighted by molar-refractivity contribution is 0.0696. The highest BCUT2D eigenvalue weighted by Gasteiger charge is 2.27.